The molecule has 0 unspecified atom stereocenters. The van der Waals surface area contributed by atoms with Gasteiger partial charge in [0.1, 0.15) is 22.9 Å². The van der Waals surface area contributed by atoms with Crippen LogP contribution in [0.1, 0.15) is 23.5 Å². The number of nitrogens with zero attached hydrogens (tertiary/aromatic N) is 4. The Labute approximate surface area is 190 Å². The van der Waals surface area contributed by atoms with Crippen molar-refractivity contribution in [1.29, 1.82) is 0 Å². The number of carbonyl (C=O) groups excluding carboxylic acids is 1. The van der Waals surface area contributed by atoms with Gasteiger partial charge in [0, 0.05) is 6.07 Å². The minimum Gasteiger partial charge on any atom is -0.494 e. The Kier molecular flexibility index (Phi) is 6.18. The van der Waals surface area contributed by atoms with Crippen LogP contribution in [-0.4, -0.2) is 61.2 Å². The van der Waals surface area contributed by atoms with E-state index < -0.39 is 15.9 Å². The molecule has 1 fully saturated rings. The van der Waals surface area contributed by atoms with Gasteiger partial charge in [-0.1, -0.05) is 12.1 Å². The highest BCUT2D eigenvalue weighted by molar-refractivity contribution is 7.90. The molecule has 12 heteroatoms. The lowest BCUT2D eigenvalue weighted by molar-refractivity contribution is 0.0969. The molecular weight excluding hydrogens is 450 g/mol. The molecular formula is C21H23N5O6S. The fraction of sp³-hybridized carbons (Fsp3) is 0.333. The van der Waals surface area contributed by atoms with Gasteiger partial charge in [-0.05, 0) is 37.0 Å². The lowest BCUT2D eigenvalue weighted by Crippen LogP contribution is -2.34. The van der Waals surface area contributed by atoms with Crippen LogP contribution in [0.5, 0.6) is 17.4 Å². The molecule has 3 aromatic rings. The number of carbonyl (C=O) groups is 1. The molecule has 1 saturated carbocycles. The van der Waals surface area contributed by atoms with Crippen LogP contribution in [0.2, 0.25) is 0 Å². The summed E-state index contributed by atoms with van der Waals surface area (Å²) in [5.74, 6) is -0.0363. The zero-order valence-electron chi connectivity index (χ0n) is 18.3. The number of ether oxygens (including phenoxy) is 3. The molecule has 1 amide bonds. The lowest BCUT2D eigenvalue weighted by atomic mass is 10.2. The van der Waals surface area contributed by atoms with Crippen LogP contribution in [-0.2, 0) is 10.0 Å². The molecule has 2 aromatic heterocycles. The van der Waals surface area contributed by atoms with Gasteiger partial charge in [0.25, 0.3) is 0 Å². The third kappa shape index (κ3) is 4.75. The Morgan fingerprint density at radius 3 is 2.30 bits per heavy atom. The van der Waals surface area contributed by atoms with Crippen molar-refractivity contribution in [3.8, 4) is 34.6 Å². The van der Waals surface area contributed by atoms with E-state index in [2.05, 4.69) is 19.9 Å². The zero-order valence-corrected chi connectivity index (χ0v) is 19.1. The number of amides is 1. The fourth-order valence-corrected chi connectivity index (χ4v) is 4.75. The Balaban J connectivity index is 1.88. The monoisotopic (exact) mass is 473 g/mol. The summed E-state index contributed by atoms with van der Waals surface area (Å²) in [5.41, 5.74) is 0.659. The van der Waals surface area contributed by atoms with Crippen molar-refractivity contribution < 1.29 is 27.4 Å². The van der Waals surface area contributed by atoms with E-state index in [0.29, 0.717) is 28.8 Å². The van der Waals surface area contributed by atoms with Gasteiger partial charge < -0.3 is 14.2 Å². The van der Waals surface area contributed by atoms with Gasteiger partial charge in [-0.2, -0.15) is 0 Å². The number of methoxy groups -OCH3 is 3. The molecule has 0 spiro atoms. The number of benzene rings is 1. The fourth-order valence-electron chi connectivity index (χ4n) is 3.34. The molecule has 0 atom stereocenters. The highest BCUT2D eigenvalue weighted by Crippen LogP contribution is 2.36. The van der Waals surface area contributed by atoms with Gasteiger partial charge in [-0.25, -0.2) is 18.1 Å². The number of hydrogen-bond donors (Lipinski definition) is 1. The summed E-state index contributed by atoms with van der Waals surface area (Å²) in [7, 11) is 0.563. The van der Waals surface area contributed by atoms with E-state index in [1.807, 2.05) is 0 Å². The molecule has 174 valence electrons. The number of nitrogens with one attached hydrogen (secondary N) is 1. The van der Waals surface area contributed by atoms with Crippen LogP contribution in [0.4, 0.5) is 0 Å². The van der Waals surface area contributed by atoms with E-state index in [0.717, 1.165) is 12.8 Å². The minimum absolute atomic E-state index is 0.0685. The van der Waals surface area contributed by atoms with Crippen LogP contribution in [0.25, 0.3) is 17.2 Å². The predicted molar refractivity (Wildman–Crippen MR) is 118 cm³/mol. The van der Waals surface area contributed by atoms with Gasteiger partial charge in [0.2, 0.25) is 21.7 Å². The van der Waals surface area contributed by atoms with Gasteiger partial charge in [0.15, 0.2) is 5.82 Å². The molecule has 1 N–H and O–H groups in total. The first-order valence-electron chi connectivity index (χ1n) is 10.1. The molecule has 1 aliphatic carbocycles. The van der Waals surface area contributed by atoms with Crippen molar-refractivity contribution in [2.24, 2.45) is 5.92 Å². The minimum atomic E-state index is -3.84. The van der Waals surface area contributed by atoms with Gasteiger partial charge in [-0.3, -0.25) is 9.36 Å². The van der Waals surface area contributed by atoms with Crippen LogP contribution in [0.15, 0.2) is 36.4 Å². The second-order valence-corrected chi connectivity index (χ2v) is 9.18. The Morgan fingerprint density at radius 1 is 1.03 bits per heavy atom. The molecule has 1 aliphatic rings. The molecule has 33 heavy (non-hydrogen) atoms. The summed E-state index contributed by atoms with van der Waals surface area (Å²) in [6.07, 6.45) is 1.66. The standard InChI is InChI=1S/C21H23N5O6S/c1-30-15-7-5-8-16(31-2)18(15)26-19(14-6-4-9-17(22-14)32-3)23-24-20(26)21(27)25-33(28,29)12-13-10-11-13/h4-9,13H,10-12H2,1-3H3,(H,25,27). The smallest absolute Gasteiger partial charge is 0.303 e. The van der Waals surface area contributed by atoms with Crippen molar-refractivity contribution in [3.05, 3.63) is 42.2 Å². The van der Waals surface area contributed by atoms with Crippen molar-refractivity contribution >= 4 is 15.9 Å². The Morgan fingerprint density at radius 2 is 1.70 bits per heavy atom. The van der Waals surface area contributed by atoms with Crippen LogP contribution < -0.4 is 18.9 Å². The normalized spacial score (nSPS) is 13.4. The van der Waals surface area contributed by atoms with E-state index in [-0.39, 0.29) is 23.3 Å². The molecule has 1 aromatic carbocycles. The van der Waals surface area contributed by atoms with Crippen molar-refractivity contribution in [3.63, 3.8) is 0 Å². The number of hydrogen-bond acceptors (Lipinski definition) is 9. The van der Waals surface area contributed by atoms with Gasteiger partial charge in [0.05, 0.1) is 27.1 Å². The summed E-state index contributed by atoms with van der Waals surface area (Å²) in [6, 6.07) is 10.1. The molecule has 0 radical (unpaired) electrons. The first-order valence-corrected chi connectivity index (χ1v) is 11.7. The maximum atomic E-state index is 13.1. The summed E-state index contributed by atoms with van der Waals surface area (Å²) in [5, 5.41) is 8.14. The second-order valence-electron chi connectivity index (χ2n) is 7.41. The SMILES string of the molecule is COc1cccc(-c2nnc(C(=O)NS(=O)(=O)CC3CC3)n2-c2c(OC)cccc2OC)n1. The molecule has 0 aliphatic heterocycles. The number of sulfonamides is 1. The number of aromatic nitrogens is 4. The van der Waals surface area contributed by atoms with E-state index >= 15 is 0 Å². The van der Waals surface area contributed by atoms with Crippen LogP contribution >= 0.6 is 0 Å². The average Bonchev–Trinajstić information content (AvgIpc) is 3.50. The maximum Gasteiger partial charge on any atom is 0.303 e. The van der Waals surface area contributed by atoms with E-state index in [9.17, 15) is 13.2 Å². The number of rotatable bonds is 9. The van der Waals surface area contributed by atoms with Crippen LogP contribution in [0.3, 0.4) is 0 Å². The molecule has 11 nitrogen and oxygen atoms in total. The summed E-state index contributed by atoms with van der Waals surface area (Å²) < 4.78 is 44.5. The third-order valence-electron chi connectivity index (χ3n) is 5.05. The van der Waals surface area contributed by atoms with Crippen molar-refractivity contribution in [2.45, 2.75) is 12.8 Å². The Bertz CT molecular complexity index is 1260. The largest absolute Gasteiger partial charge is 0.494 e. The van der Waals surface area contributed by atoms with Gasteiger partial charge in [-0.15, -0.1) is 10.2 Å². The molecule has 2 heterocycles. The molecule has 4 rings (SSSR count). The quantitative estimate of drug-likeness (QED) is 0.494. The first-order chi connectivity index (χ1) is 15.9. The Hall–Kier alpha value is -3.67. The summed E-state index contributed by atoms with van der Waals surface area (Å²) in [6.45, 7) is 0. The predicted octanol–water partition coefficient (Wildman–Crippen LogP) is 1.82. The first kappa shape index (κ1) is 22.5. The summed E-state index contributed by atoms with van der Waals surface area (Å²) in [4.78, 5) is 17.5. The maximum absolute atomic E-state index is 13.1. The van der Waals surface area contributed by atoms with Gasteiger partial charge >= 0.3 is 5.91 Å². The summed E-state index contributed by atoms with van der Waals surface area (Å²) >= 11 is 0. The van der Waals surface area contributed by atoms with Crippen molar-refractivity contribution in [1.82, 2.24) is 24.5 Å². The second kappa shape index (κ2) is 9.06. The topological polar surface area (TPSA) is 135 Å². The highest BCUT2D eigenvalue weighted by Gasteiger charge is 2.32. The highest BCUT2D eigenvalue weighted by atomic mass is 32.2. The van der Waals surface area contributed by atoms with Crippen LogP contribution in [0, 0.1) is 5.92 Å². The van der Waals surface area contributed by atoms with E-state index in [1.165, 1.54) is 25.9 Å². The van der Waals surface area contributed by atoms with E-state index in [4.69, 9.17) is 14.2 Å². The average molecular weight is 474 g/mol. The van der Waals surface area contributed by atoms with E-state index in [1.54, 1.807) is 36.4 Å². The zero-order chi connectivity index (χ0) is 23.6. The molecule has 0 saturated heterocycles. The number of pyridine rings is 1. The lowest BCUT2D eigenvalue weighted by Gasteiger charge is -2.17. The van der Waals surface area contributed by atoms with Crippen molar-refractivity contribution in [2.75, 3.05) is 27.1 Å². The number of para-hydroxylation sites is 1. The molecule has 0 bridgehead atoms. The third-order valence-corrected chi connectivity index (χ3v) is 6.46.